The number of amides is 1. The fraction of sp³-hybridized carbons (Fsp3) is 0.133. The highest BCUT2D eigenvalue weighted by Crippen LogP contribution is 2.27. The van der Waals surface area contributed by atoms with Gasteiger partial charge in [0.05, 0.1) is 4.92 Å². The predicted octanol–water partition coefficient (Wildman–Crippen LogP) is 3.06. The number of benzene rings is 2. The van der Waals surface area contributed by atoms with Crippen LogP contribution in [-0.4, -0.2) is 17.4 Å². The maximum atomic E-state index is 13.0. The zero-order chi connectivity index (χ0) is 16.1. The summed E-state index contributed by atoms with van der Waals surface area (Å²) >= 11 is 0. The maximum absolute atomic E-state index is 13.0. The molecule has 0 heterocycles. The first-order valence-electron chi connectivity index (χ1n) is 6.39. The number of hydrogen-bond donors (Lipinski definition) is 1. The van der Waals surface area contributed by atoms with E-state index in [0.717, 1.165) is 11.6 Å². The van der Waals surface area contributed by atoms with Crippen molar-refractivity contribution in [3.8, 4) is 5.75 Å². The molecule has 0 atom stereocenters. The van der Waals surface area contributed by atoms with Crippen molar-refractivity contribution in [2.24, 2.45) is 0 Å². The standard InChI is InChI=1S/C15H13FN2O4/c1-10-5-6-13(18(20)21)14(7-10)22-9-15(19)17-12-4-2-3-11(16)8-12/h2-8H,9H2,1H3,(H,17,19). The molecule has 0 aliphatic rings. The van der Waals surface area contributed by atoms with Crippen LogP contribution in [0.5, 0.6) is 5.75 Å². The van der Waals surface area contributed by atoms with Crippen LogP contribution in [-0.2, 0) is 4.79 Å². The molecule has 0 saturated carbocycles. The van der Waals surface area contributed by atoms with Gasteiger partial charge in [-0.15, -0.1) is 0 Å². The Labute approximate surface area is 125 Å². The van der Waals surface area contributed by atoms with Crippen LogP contribution in [0.1, 0.15) is 5.56 Å². The number of anilines is 1. The minimum absolute atomic E-state index is 0.0133. The molecule has 0 aliphatic carbocycles. The molecule has 0 spiro atoms. The van der Waals surface area contributed by atoms with Gasteiger partial charge in [-0.1, -0.05) is 12.1 Å². The van der Waals surface area contributed by atoms with E-state index in [1.54, 1.807) is 13.0 Å². The highest BCUT2D eigenvalue weighted by atomic mass is 19.1. The molecule has 0 bridgehead atoms. The van der Waals surface area contributed by atoms with Crippen molar-refractivity contribution < 1.29 is 18.8 Å². The first-order valence-corrected chi connectivity index (χ1v) is 6.39. The molecule has 2 aromatic carbocycles. The fourth-order valence-electron chi connectivity index (χ4n) is 1.79. The van der Waals surface area contributed by atoms with Crippen LogP contribution in [0.3, 0.4) is 0 Å². The molecule has 0 fully saturated rings. The van der Waals surface area contributed by atoms with Crippen LogP contribution < -0.4 is 10.1 Å². The van der Waals surface area contributed by atoms with E-state index in [1.165, 1.54) is 30.3 Å². The summed E-state index contributed by atoms with van der Waals surface area (Å²) in [7, 11) is 0. The number of carbonyl (C=O) groups is 1. The van der Waals surface area contributed by atoms with Gasteiger partial charge in [0.1, 0.15) is 5.82 Å². The lowest BCUT2D eigenvalue weighted by Gasteiger charge is -2.08. The van der Waals surface area contributed by atoms with Gasteiger partial charge in [0.2, 0.25) is 0 Å². The zero-order valence-electron chi connectivity index (χ0n) is 11.7. The van der Waals surface area contributed by atoms with Crippen LogP contribution >= 0.6 is 0 Å². The largest absolute Gasteiger partial charge is 0.477 e. The van der Waals surface area contributed by atoms with Crippen molar-refractivity contribution in [1.82, 2.24) is 0 Å². The Morgan fingerprint density at radius 2 is 2.09 bits per heavy atom. The molecule has 2 rings (SSSR count). The van der Waals surface area contributed by atoms with Crippen LogP contribution in [0, 0.1) is 22.9 Å². The molecule has 1 amide bonds. The van der Waals surface area contributed by atoms with Gasteiger partial charge in [-0.2, -0.15) is 0 Å². The van der Waals surface area contributed by atoms with Gasteiger partial charge >= 0.3 is 5.69 Å². The number of hydrogen-bond acceptors (Lipinski definition) is 4. The van der Waals surface area contributed by atoms with E-state index in [2.05, 4.69) is 5.32 Å². The second-order valence-electron chi connectivity index (χ2n) is 4.58. The highest BCUT2D eigenvalue weighted by Gasteiger charge is 2.16. The van der Waals surface area contributed by atoms with Crippen molar-refractivity contribution in [3.05, 3.63) is 64.0 Å². The third-order valence-electron chi connectivity index (χ3n) is 2.78. The van der Waals surface area contributed by atoms with Crippen LogP contribution in [0.25, 0.3) is 0 Å². The topological polar surface area (TPSA) is 81.5 Å². The van der Waals surface area contributed by atoms with Crippen molar-refractivity contribution in [3.63, 3.8) is 0 Å². The van der Waals surface area contributed by atoms with Crippen molar-refractivity contribution in [2.45, 2.75) is 6.92 Å². The third-order valence-corrected chi connectivity index (χ3v) is 2.78. The molecule has 1 N–H and O–H groups in total. The van der Waals surface area contributed by atoms with E-state index >= 15 is 0 Å². The molecule has 6 nitrogen and oxygen atoms in total. The Morgan fingerprint density at radius 1 is 1.32 bits per heavy atom. The SMILES string of the molecule is Cc1ccc([N+](=O)[O-])c(OCC(=O)Nc2cccc(F)c2)c1. The molecule has 2 aromatic rings. The molecule has 0 aliphatic heterocycles. The summed E-state index contributed by atoms with van der Waals surface area (Å²) in [4.78, 5) is 22.0. The first kappa shape index (κ1) is 15.4. The van der Waals surface area contributed by atoms with Crippen LogP contribution in [0.2, 0.25) is 0 Å². The summed E-state index contributed by atoms with van der Waals surface area (Å²) in [6.07, 6.45) is 0. The van der Waals surface area contributed by atoms with Gasteiger partial charge in [-0.25, -0.2) is 4.39 Å². The normalized spacial score (nSPS) is 10.1. The van der Waals surface area contributed by atoms with E-state index in [-0.39, 0.29) is 17.1 Å². The number of halogens is 1. The molecule has 0 radical (unpaired) electrons. The van der Waals surface area contributed by atoms with Crippen LogP contribution in [0.4, 0.5) is 15.8 Å². The average molecular weight is 304 g/mol. The number of aryl methyl sites for hydroxylation is 1. The van der Waals surface area contributed by atoms with Crippen molar-refractivity contribution >= 4 is 17.3 Å². The van der Waals surface area contributed by atoms with Gasteiger partial charge < -0.3 is 10.1 Å². The highest BCUT2D eigenvalue weighted by molar-refractivity contribution is 5.91. The summed E-state index contributed by atoms with van der Waals surface area (Å²) in [5, 5.41) is 13.3. The molecule has 0 unspecified atom stereocenters. The number of rotatable bonds is 5. The minimum atomic E-state index is -0.584. The number of nitrogens with one attached hydrogen (secondary N) is 1. The van der Waals surface area contributed by atoms with E-state index in [4.69, 9.17) is 4.74 Å². The molecule has 7 heteroatoms. The molecular weight excluding hydrogens is 291 g/mol. The monoisotopic (exact) mass is 304 g/mol. The Bertz CT molecular complexity index is 718. The number of nitro benzene ring substituents is 1. The lowest BCUT2D eigenvalue weighted by molar-refractivity contribution is -0.385. The van der Waals surface area contributed by atoms with Gasteiger partial charge in [0.15, 0.2) is 12.4 Å². The van der Waals surface area contributed by atoms with E-state index in [9.17, 15) is 19.3 Å². The quantitative estimate of drug-likeness (QED) is 0.680. The van der Waals surface area contributed by atoms with E-state index in [1.807, 2.05) is 0 Å². The molecular formula is C15H13FN2O4. The predicted molar refractivity (Wildman–Crippen MR) is 78.4 cm³/mol. The Kier molecular flexibility index (Phi) is 4.67. The fourth-order valence-corrected chi connectivity index (χ4v) is 1.79. The maximum Gasteiger partial charge on any atom is 0.310 e. The number of nitrogens with zero attached hydrogens (tertiary/aromatic N) is 1. The summed E-state index contributed by atoms with van der Waals surface area (Å²) in [5.41, 5.74) is 0.836. The van der Waals surface area contributed by atoms with Crippen LogP contribution in [0.15, 0.2) is 42.5 Å². The second-order valence-corrected chi connectivity index (χ2v) is 4.58. The lowest BCUT2D eigenvalue weighted by Crippen LogP contribution is -2.20. The zero-order valence-corrected chi connectivity index (χ0v) is 11.7. The summed E-state index contributed by atoms with van der Waals surface area (Å²) in [5.74, 6) is -1.01. The molecule has 0 saturated heterocycles. The third kappa shape index (κ3) is 4.02. The van der Waals surface area contributed by atoms with E-state index in [0.29, 0.717) is 0 Å². The van der Waals surface area contributed by atoms with E-state index < -0.39 is 23.3 Å². The summed E-state index contributed by atoms with van der Waals surface area (Å²) in [6, 6.07) is 9.77. The van der Waals surface area contributed by atoms with Gasteiger partial charge in [-0.05, 0) is 36.8 Å². The number of ether oxygens (including phenoxy) is 1. The second kappa shape index (κ2) is 6.66. The Morgan fingerprint density at radius 3 is 2.77 bits per heavy atom. The average Bonchev–Trinajstić information content (AvgIpc) is 2.45. The first-order chi connectivity index (χ1) is 10.5. The lowest BCUT2D eigenvalue weighted by atomic mass is 10.2. The van der Waals surface area contributed by atoms with Crippen molar-refractivity contribution in [1.29, 1.82) is 0 Å². The van der Waals surface area contributed by atoms with Gasteiger partial charge in [0, 0.05) is 11.8 Å². The van der Waals surface area contributed by atoms with Crippen molar-refractivity contribution in [2.75, 3.05) is 11.9 Å². The Balaban J connectivity index is 2.02. The molecule has 0 aromatic heterocycles. The molecule has 22 heavy (non-hydrogen) atoms. The van der Waals surface area contributed by atoms with Gasteiger partial charge in [-0.3, -0.25) is 14.9 Å². The summed E-state index contributed by atoms with van der Waals surface area (Å²) in [6.45, 7) is 1.34. The smallest absolute Gasteiger partial charge is 0.310 e. The summed E-state index contributed by atoms with van der Waals surface area (Å²) < 4.78 is 18.2. The number of carbonyl (C=O) groups excluding carboxylic acids is 1. The Hall–Kier alpha value is -2.96. The van der Waals surface area contributed by atoms with Gasteiger partial charge in [0.25, 0.3) is 5.91 Å². The molecule has 114 valence electrons. The minimum Gasteiger partial charge on any atom is -0.477 e. The number of nitro groups is 1.